The van der Waals surface area contributed by atoms with Crippen LogP contribution in [0.25, 0.3) is 0 Å². The number of carboxylic acids is 1. The van der Waals surface area contributed by atoms with Crippen molar-refractivity contribution < 1.29 is 18.8 Å². The highest BCUT2D eigenvalue weighted by Crippen LogP contribution is 2.24. The molecule has 2 aromatic rings. The van der Waals surface area contributed by atoms with Gasteiger partial charge in [-0.2, -0.15) is 4.98 Å². The van der Waals surface area contributed by atoms with Crippen molar-refractivity contribution in [1.29, 1.82) is 0 Å². The Labute approximate surface area is 107 Å². The smallest absolute Gasteiger partial charge is 0.371 e. The second kappa shape index (κ2) is 5.26. The molecule has 2 rings (SSSR count). The van der Waals surface area contributed by atoms with E-state index < -0.39 is 5.97 Å². The number of hydrogen-bond donors (Lipinski definition) is 1. The summed E-state index contributed by atoms with van der Waals surface area (Å²) in [4.78, 5) is 14.8. The molecule has 0 saturated carbocycles. The fraction of sp³-hybridized carbons (Fsp3) is 0.364. The maximum absolute atomic E-state index is 10.6. The summed E-state index contributed by atoms with van der Waals surface area (Å²) in [5.41, 5.74) is 0. The van der Waals surface area contributed by atoms with Gasteiger partial charge in [-0.25, -0.2) is 4.79 Å². The van der Waals surface area contributed by atoms with Crippen LogP contribution in [0.15, 0.2) is 26.2 Å². The Morgan fingerprint density at radius 3 is 2.83 bits per heavy atom. The zero-order valence-electron chi connectivity index (χ0n) is 9.91. The molecule has 18 heavy (non-hydrogen) atoms. The lowest BCUT2D eigenvalue weighted by Crippen LogP contribution is -1.91. The molecule has 96 valence electrons. The number of carbonyl (C=O) groups is 1. The third-order valence-electron chi connectivity index (χ3n) is 2.11. The zero-order chi connectivity index (χ0) is 13.1. The normalized spacial score (nSPS) is 11.1. The van der Waals surface area contributed by atoms with E-state index in [-0.39, 0.29) is 11.7 Å². The lowest BCUT2D eigenvalue weighted by molar-refractivity contribution is 0.0656. The van der Waals surface area contributed by atoms with Crippen LogP contribution in [-0.4, -0.2) is 21.2 Å². The van der Waals surface area contributed by atoms with Crippen molar-refractivity contribution >= 4 is 17.7 Å². The van der Waals surface area contributed by atoms with Crippen molar-refractivity contribution in [2.24, 2.45) is 0 Å². The van der Waals surface area contributed by atoms with Crippen LogP contribution in [0.4, 0.5) is 0 Å². The van der Waals surface area contributed by atoms with Crippen LogP contribution in [0.5, 0.6) is 0 Å². The third kappa shape index (κ3) is 2.92. The molecule has 0 unspecified atom stereocenters. The molecular weight excluding hydrogens is 256 g/mol. The minimum Gasteiger partial charge on any atom is -0.475 e. The molecule has 0 radical (unpaired) electrons. The summed E-state index contributed by atoms with van der Waals surface area (Å²) in [6, 6.07) is 3.03. The quantitative estimate of drug-likeness (QED) is 0.834. The van der Waals surface area contributed by atoms with E-state index in [0.29, 0.717) is 22.6 Å². The summed E-state index contributed by atoms with van der Waals surface area (Å²) >= 11 is 1.32. The maximum atomic E-state index is 10.6. The van der Waals surface area contributed by atoms with Crippen molar-refractivity contribution in [2.45, 2.75) is 30.6 Å². The van der Waals surface area contributed by atoms with Crippen molar-refractivity contribution in [2.75, 3.05) is 0 Å². The summed E-state index contributed by atoms with van der Waals surface area (Å²) in [7, 11) is 0. The van der Waals surface area contributed by atoms with E-state index in [1.165, 1.54) is 17.8 Å². The Balaban J connectivity index is 1.95. The van der Waals surface area contributed by atoms with Crippen LogP contribution in [0, 0.1) is 0 Å². The van der Waals surface area contributed by atoms with Crippen molar-refractivity contribution in [3.8, 4) is 0 Å². The van der Waals surface area contributed by atoms with E-state index in [4.69, 9.17) is 14.0 Å². The Kier molecular flexibility index (Phi) is 3.71. The molecule has 2 heterocycles. The van der Waals surface area contributed by atoms with Crippen LogP contribution in [-0.2, 0) is 5.75 Å². The van der Waals surface area contributed by atoms with Gasteiger partial charge >= 0.3 is 5.97 Å². The van der Waals surface area contributed by atoms with E-state index in [2.05, 4.69) is 10.1 Å². The van der Waals surface area contributed by atoms with Gasteiger partial charge in [-0.1, -0.05) is 30.8 Å². The molecule has 0 aliphatic carbocycles. The van der Waals surface area contributed by atoms with E-state index in [0.717, 1.165) is 0 Å². The molecule has 0 aromatic carbocycles. The van der Waals surface area contributed by atoms with Crippen LogP contribution in [0.3, 0.4) is 0 Å². The number of carboxylic acid groups (broad SMARTS) is 1. The van der Waals surface area contributed by atoms with Gasteiger partial charge in [-0.15, -0.1) is 0 Å². The molecular formula is C11H12N2O4S. The first-order valence-electron chi connectivity index (χ1n) is 5.34. The first-order chi connectivity index (χ1) is 8.56. The SMILES string of the molecule is CC(C)c1nc(CSc2ccc(C(=O)O)o2)no1. The summed E-state index contributed by atoms with van der Waals surface area (Å²) in [6.07, 6.45) is 0. The standard InChI is InChI=1S/C11H12N2O4S/c1-6(2)10-12-8(13-17-10)5-18-9-4-3-7(16-9)11(14)15/h3-4,6H,5H2,1-2H3,(H,14,15). The van der Waals surface area contributed by atoms with Crippen molar-refractivity contribution in [3.63, 3.8) is 0 Å². The molecule has 0 bridgehead atoms. The van der Waals surface area contributed by atoms with E-state index >= 15 is 0 Å². The number of aromatic nitrogens is 2. The number of nitrogens with zero attached hydrogens (tertiary/aromatic N) is 2. The summed E-state index contributed by atoms with van der Waals surface area (Å²) < 4.78 is 10.2. The van der Waals surface area contributed by atoms with Crippen LogP contribution >= 0.6 is 11.8 Å². The molecule has 0 aliphatic heterocycles. The van der Waals surface area contributed by atoms with Crippen LogP contribution in [0.1, 0.15) is 42.0 Å². The van der Waals surface area contributed by atoms with Gasteiger partial charge in [-0.05, 0) is 12.1 Å². The monoisotopic (exact) mass is 268 g/mol. The molecule has 0 spiro atoms. The van der Waals surface area contributed by atoms with E-state index in [1.54, 1.807) is 6.07 Å². The van der Waals surface area contributed by atoms with Gasteiger partial charge in [0.2, 0.25) is 11.7 Å². The lowest BCUT2D eigenvalue weighted by atomic mass is 10.2. The van der Waals surface area contributed by atoms with E-state index in [1.807, 2.05) is 13.8 Å². The predicted molar refractivity (Wildman–Crippen MR) is 63.6 cm³/mol. The summed E-state index contributed by atoms with van der Waals surface area (Å²) in [5, 5.41) is 13.1. The molecule has 1 N–H and O–H groups in total. The average molecular weight is 268 g/mol. The van der Waals surface area contributed by atoms with Crippen molar-refractivity contribution in [3.05, 3.63) is 29.6 Å². The van der Waals surface area contributed by atoms with Crippen LogP contribution < -0.4 is 0 Å². The number of thioether (sulfide) groups is 1. The molecule has 0 saturated heterocycles. The maximum Gasteiger partial charge on any atom is 0.371 e. The van der Waals surface area contributed by atoms with Gasteiger partial charge < -0.3 is 14.0 Å². The number of rotatable bonds is 5. The molecule has 2 aromatic heterocycles. The summed E-state index contributed by atoms with van der Waals surface area (Å²) in [5.74, 6) is 0.673. The minimum absolute atomic E-state index is 0.0755. The molecule has 0 amide bonds. The van der Waals surface area contributed by atoms with E-state index in [9.17, 15) is 4.79 Å². The topological polar surface area (TPSA) is 89.4 Å². The fourth-order valence-electron chi connectivity index (χ4n) is 1.21. The average Bonchev–Trinajstić information content (AvgIpc) is 2.95. The van der Waals surface area contributed by atoms with Gasteiger partial charge in [0, 0.05) is 5.92 Å². The molecule has 0 fully saturated rings. The van der Waals surface area contributed by atoms with Crippen LogP contribution in [0.2, 0.25) is 0 Å². The van der Waals surface area contributed by atoms with Gasteiger partial charge in [-0.3, -0.25) is 0 Å². The second-order valence-electron chi connectivity index (χ2n) is 3.92. The molecule has 0 aliphatic rings. The predicted octanol–water partition coefficient (Wildman–Crippen LogP) is 2.78. The van der Waals surface area contributed by atoms with Gasteiger partial charge in [0.15, 0.2) is 10.9 Å². The van der Waals surface area contributed by atoms with Gasteiger partial charge in [0.25, 0.3) is 0 Å². The van der Waals surface area contributed by atoms with Crippen molar-refractivity contribution in [1.82, 2.24) is 10.1 Å². The number of hydrogen-bond acceptors (Lipinski definition) is 6. The van der Waals surface area contributed by atoms with Gasteiger partial charge in [0.05, 0.1) is 5.75 Å². The molecule has 7 heteroatoms. The minimum atomic E-state index is -1.08. The highest BCUT2D eigenvalue weighted by molar-refractivity contribution is 7.98. The Morgan fingerprint density at radius 2 is 2.28 bits per heavy atom. The number of aromatic carboxylic acids is 1. The first-order valence-corrected chi connectivity index (χ1v) is 6.33. The fourth-order valence-corrected chi connectivity index (χ4v) is 1.91. The largest absolute Gasteiger partial charge is 0.475 e. The second-order valence-corrected chi connectivity index (χ2v) is 4.90. The Morgan fingerprint density at radius 1 is 1.50 bits per heavy atom. The molecule has 0 atom stereocenters. The number of furan rings is 1. The first kappa shape index (κ1) is 12.7. The van der Waals surface area contributed by atoms with Gasteiger partial charge in [0.1, 0.15) is 0 Å². The highest BCUT2D eigenvalue weighted by atomic mass is 32.2. The summed E-state index contributed by atoms with van der Waals surface area (Å²) in [6.45, 7) is 3.94. The highest BCUT2D eigenvalue weighted by Gasteiger charge is 2.12. The zero-order valence-corrected chi connectivity index (χ0v) is 10.7. The molecule has 6 nitrogen and oxygen atoms in total. The Hall–Kier alpha value is -1.76. The Bertz CT molecular complexity index is 547. The lowest BCUT2D eigenvalue weighted by Gasteiger charge is -1.93. The third-order valence-corrected chi connectivity index (χ3v) is 3.02.